The molecule has 1 aromatic carbocycles. The van der Waals surface area contributed by atoms with Gasteiger partial charge in [-0.05, 0) is 24.6 Å². The van der Waals surface area contributed by atoms with Gasteiger partial charge in [0.25, 0.3) is 6.43 Å². The molecular formula is C10H13ClF2N2O3S. The summed E-state index contributed by atoms with van der Waals surface area (Å²) < 4.78 is 49.6. The van der Waals surface area contributed by atoms with E-state index in [0.29, 0.717) is 5.56 Å². The highest BCUT2D eigenvalue weighted by Gasteiger charge is 2.22. The Morgan fingerprint density at radius 3 is 2.53 bits per heavy atom. The number of aliphatic hydroxyl groups excluding tert-OH is 1. The smallest absolute Gasteiger partial charge is 0.265 e. The summed E-state index contributed by atoms with van der Waals surface area (Å²) in [5.74, 6) is 0. The van der Waals surface area contributed by atoms with E-state index in [9.17, 15) is 17.2 Å². The van der Waals surface area contributed by atoms with Gasteiger partial charge in [-0.25, -0.2) is 21.9 Å². The van der Waals surface area contributed by atoms with Crippen LogP contribution in [0.25, 0.3) is 0 Å². The number of nitrogens with two attached hydrogens (primary N) is 1. The number of hydrogen-bond donors (Lipinski definition) is 3. The molecule has 0 aliphatic carbocycles. The third-order valence-electron chi connectivity index (χ3n) is 2.44. The molecule has 0 saturated carbocycles. The van der Waals surface area contributed by atoms with E-state index < -0.39 is 29.1 Å². The van der Waals surface area contributed by atoms with Gasteiger partial charge in [-0.3, -0.25) is 0 Å². The maximum atomic E-state index is 12.1. The van der Waals surface area contributed by atoms with Crippen molar-refractivity contribution in [3.63, 3.8) is 0 Å². The molecule has 9 heteroatoms. The van der Waals surface area contributed by atoms with Crippen LogP contribution >= 0.6 is 11.6 Å². The molecule has 5 nitrogen and oxygen atoms in total. The molecule has 1 atom stereocenters. The Balaban J connectivity index is 2.95. The van der Waals surface area contributed by atoms with E-state index in [1.807, 2.05) is 4.72 Å². The Labute approximate surface area is 114 Å². The number of benzene rings is 1. The van der Waals surface area contributed by atoms with Gasteiger partial charge in [-0.15, -0.1) is 0 Å². The first-order valence-corrected chi connectivity index (χ1v) is 7.02. The van der Waals surface area contributed by atoms with Crippen molar-refractivity contribution in [1.82, 2.24) is 4.72 Å². The number of alkyl halides is 2. The van der Waals surface area contributed by atoms with Gasteiger partial charge in [-0.2, -0.15) is 0 Å². The molecule has 19 heavy (non-hydrogen) atoms. The van der Waals surface area contributed by atoms with Gasteiger partial charge >= 0.3 is 0 Å². The number of anilines is 1. The molecule has 0 saturated heterocycles. The van der Waals surface area contributed by atoms with Crippen molar-refractivity contribution in [3.8, 4) is 0 Å². The number of rotatable bonds is 5. The number of nitrogens with one attached hydrogen (secondary N) is 1. The summed E-state index contributed by atoms with van der Waals surface area (Å²) >= 11 is 5.80. The summed E-state index contributed by atoms with van der Waals surface area (Å²) in [5.41, 5.74) is 6.27. The summed E-state index contributed by atoms with van der Waals surface area (Å²) in [7, 11) is -4.06. The first-order valence-electron chi connectivity index (χ1n) is 5.16. The Morgan fingerprint density at radius 1 is 1.47 bits per heavy atom. The van der Waals surface area contributed by atoms with Crippen LogP contribution in [0.15, 0.2) is 17.0 Å². The predicted molar refractivity (Wildman–Crippen MR) is 67.8 cm³/mol. The van der Waals surface area contributed by atoms with E-state index >= 15 is 0 Å². The Morgan fingerprint density at radius 2 is 2.05 bits per heavy atom. The number of aliphatic hydroxyl groups is 1. The molecule has 0 aliphatic heterocycles. The van der Waals surface area contributed by atoms with Gasteiger partial charge in [0.15, 0.2) is 0 Å². The van der Waals surface area contributed by atoms with Crippen LogP contribution in [0.5, 0.6) is 0 Å². The highest BCUT2D eigenvalue weighted by atomic mass is 35.5. The van der Waals surface area contributed by atoms with Gasteiger partial charge in [0, 0.05) is 17.3 Å². The summed E-state index contributed by atoms with van der Waals surface area (Å²) in [5, 5.41) is 9.01. The standard InChI is InChI=1S/C10H13ClF2N2O3S/c1-5-7(11)2-6(3-8(5)14)19(17,18)15-4-9(16)10(12)13/h2-3,9-10,15-16H,4,14H2,1H3. The zero-order chi connectivity index (χ0) is 14.8. The van der Waals surface area contributed by atoms with Gasteiger partial charge in [0.1, 0.15) is 6.10 Å². The third kappa shape index (κ3) is 4.00. The fourth-order valence-electron chi connectivity index (χ4n) is 1.20. The van der Waals surface area contributed by atoms with Gasteiger partial charge in [-0.1, -0.05) is 11.6 Å². The zero-order valence-electron chi connectivity index (χ0n) is 9.90. The van der Waals surface area contributed by atoms with E-state index in [1.54, 1.807) is 6.92 Å². The van der Waals surface area contributed by atoms with E-state index in [2.05, 4.69) is 0 Å². The van der Waals surface area contributed by atoms with Crippen LogP contribution in [-0.4, -0.2) is 32.6 Å². The molecule has 1 aromatic rings. The second-order valence-corrected chi connectivity index (χ2v) is 6.05. The zero-order valence-corrected chi connectivity index (χ0v) is 11.5. The van der Waals surface area contributed by atoms with Crippen LogP contribution in [0.2, 0.25) is 5.02 Å². The second kappa shape index (κ2) is 6.00. The lowest BCUT2D eigenvalue weighted by Gasteiger charge is -2.12. The Bertz CT molecular complexity index is 543. The van der Waals surface area contributed by atoms with Crippen LogP contribution in [0, 0.1) is 6.92 Å². The van der Waals surface area contributed by atoms with Gasteiger partial charge in [0.2, 0.25) is 10.0 Å². The van der Waals surface area contributed by atoms with Crippen molar-refractivity contribution in [1.29, 1.82) is 0 Å². The summed E-state index contributed by atoms with van der Waals surface area (Å²) in [6, 6.07) is 2.32. The second-order valence-electron chi connectivity index (χ2n) is 3.87. The fraction of sp³-hybridized carbons (Fsp3) is 0.400. The molecular weight excluding hydrogens is 302 g/mol. The molecule has 0 fully saturated rings. The molecule has 1 rings (SSSR count). The topological polar surface area (TPSA) is 92.4 Å². The minimum absolute atomic E-state index is 0.148. The SMILES string of the molecule is Cc1c(N)cc(S(=O)(=O)NCC(O)C(F)F)cc1Cl. The molecule has 0 amide bonds. The van der Waals surface area contributed by atoms with Crippen molar-refractivity contribution in [2.75, 3.05) is 12.3 Å². The third-order valence-corrected chi connectivity index (χ3v) is 4.24. The van der Waals surface area contributed by atoms with Crippen LogP contribution in [-0.2, 0) is 10.0 Å². The van der Waals surface area contributed by atoms with Crippen LogP contribution < -0.4 is 10.5 Å². The van der Waals surface area contributed by atoms with Crippen molar-refractivity contribution >= 4 is 27.3 Å². The minimum atomic E-state index is -4.06. The number of nitrogen functional groups attached to an aromatic ring is 1. The molecule has 0 bridgehead atoms. The maximum absolute atomic E-state index is 12.1. The van der Waals surface area contributed by atoms with Crippen LogP contribution in [0.4, 0.5) is 14.5 Å². The Hall–Kier alpha value is -0.960. The highest BCUT2D eigenvalue weighted by Crippen LogP contribution is 2.25. The number of halogens is 3. The monoisotopic (exact) mass is 314 g/mol. The molecule has 108 valence electrons. The molecule has 4 N–H and O–H groups in total. The summed E-state index contributed by atoms with van der Waals surface area (Å²) in [6.07, 6.45) is -5.11. The highest BCUT2D eigenvalue weighted by molar-refractivity contribution is 7.89. The van der Waals surface area contributed by atoms with Crippen molar-refractivity contribution < 1.29 is 22.3 Å². The van der Waals surface area contributed by atoms with Gasteiger partial charge in [0.05, 0.1) is 4.90 Å². The van der Waals surface area contributed by atoms with Gasteiger partial charge < -0.3 is 10.8 Å². The average molecular weight is 315 g/mol. The van der Waals surface area contributed by atoms with Crippen molar-refractivity contribution in [3.05, 3.63) is 22.7 Å². The van der Waals surface area contributed by atoms with Crippen molar-refractivity contribution in [2.24, 2.45) is 0 Å². The quantitative estimate of drug-likeness (QED) is 0.710. The normalized spacial score (nSPS) is 13.8. The molecule has 0 aromatic heterocycles. The number of sulfonamides is 1. The average Bonchev–Trinajstić information content (AvgIpc) is 2.32. The van der Waals surface area contributed by atoms with Crippen molar-refractivity contribution in [2.45, 2.75) is 24.3 Å². The molecule has 1 unspecified atom stereocenters. The van der Waals surface area contributed by atoms with E-state index in [1.165, 1.54) is 0 Å². The fourth-order valence-corrected chi connectivity index (χ4v) is 2.60. The lowest BCUT2D eigenvalue weighted by atomic mass is 10.2. The lowest BCUT2D eigenvalue weighted by Crippen LogP contribution is -2.35. The Kier molecular flexibility index (Phi) is 5.08. The predicted octanol–water partition coefficient (Wildman–Crippen LogP) is 1.13. The molecule has 0 radical (unpaired) electrons. The first kappa shape index (κ1) is 16.1. The maximum Gasteiger partial charge on any atom is 0.265 e. The molecule has 0 spiro atoms. The first-order chi connectivity index (χ1) is 8.65. The van der Waals surface area contributed by atoms with E-state index in [0.717, 1.165) is 12.1 Å². The largest absolute Gasteiger partial charge is 0.398 e. The van der Waals surface area contributed by atoms with Crippen LogP contribution in [0.3, 0.4) is 0 Å². The van der Waals surface area contributed by atoms with E-state index in [4.69, 9.17) is 22.4 Å². The minimum Gasteiger partial charge on any atom is -0.398 e. The summed E-state index contributed by atoms with van der Waals surface area (Å²) in [6.45, 7) is 0.813. The summed E-state index contributed by atoms with van der Waals surface area (Å²) in [4.78, 5) is -0.248. The molecule has 0 heterocycles. The van der Waals surface area contributed by atoms with Crippen LogP contribution in [0.1, 0.15) is 5.56 Å². The van der Waals surface area contributed by atoms with E-state index in [-0.39, 0.29) is 15.6 Å². The number of hydrogen-bond acceptors (Lipinski definition) is 4. The lowest BCUT2D eigenvalue weighted by molar-refractivity contribution is -0.000451. The molecule has 0 aliphatic rings.